The van der Waals surface area contributed by atoms with Gasteiger partial charge in [-0.3, -0.25) is 0 Å². The summed E-state index contributed by atoms with van der Waals surface area (Å²) < 4.78 is 0. The van der Waals surface area contributed by atoms with E-state index < -0.39 is 0 Å². The largest absolute Gasteiger partial charge is 0.338 e. The number of piperidine rings is 1. The van der Waals surface area contributed by atoms with Crippen molar-refractivity contribution in [1.82, 2.24) is 10.2 Å². The van der Waals surface area contributed by atoms with Crippen LogP contribution in [0.3, 0.4) is 0 Å². The Labute approximate surface area is 93.2 Å². The van der Waals surface area contributed by atoms with Gasteiger partial charge in [-0.1, -0.05) is 26.7 Å². The Morgan fingerprint density at radius 2 is 1.80 bits per heavy atom. The van der Waals surface area contributed by atoms with Crippen LogP contribution in [0.25, 0.3) is 0 Å². The molecular formula is C12H24N2O. The van der Waals surface area contributed by atoms with Crippen LogP contribution in [0.4, 0.5) is 4.79 Å². The van der Waals surface area contributed by atoms with Gasteiger partial charge >= 0.3 is 6.03 Å². The lowest BCUT2D eigenvalue weighted by Crippen LogP contribution is -2.44. The van der Waals surface area contributed by atoms with Gasteiger partial charge in [0.2, 0.25) is 0 Å². The highest BCUT2D eigenvalue weighted by atomic mass is 16.2. The van der Waals surface area contributed by atoms with Crippen LogP contribution in [0, 0.1) is 5.92 Å². The fourth-order valence-corrected chi connectivity index (χ4v) is 2.02. The van der Waals surface area contributed by atoms with E-state index in [2.05, 4.69) is 19.2 Å². The maximum absolute atomic E-state index is 11.7. The molecular weight excluding hydrogens is 188 g/mol. The number of amides is 2. The van der Waals surface area contributed by atoms with Crippen LogP contribution in [-0.2, 0) is 0 Å². The van der Waals surface area contributed by atoms with Crippen molar-refractivity contribution < 1.29 is 4.79 Å². The molecule has 0 radical (unpaired) electrons. The third-order valence-electron chi connectivity index (χ3n) is 3.34. The standard InChI is InChI=1S/C12H24N2O/c1-3-11(4-2)10-13-12(15)14-8-6-5-7-9-14/h11H,3-10H2,1-2H3,(H,13,15). The number of nitrogens with one attached hydrogen (secondary N) is 1. The lowest BCUT2D eigenvalue weighted by Gasteiger charge is -2.27. The van der Waals surface area contributed by atoms with Crippen LogP contribution in [0.5, 0.6) is 0 Å². The third kappa shape index (κ3) is 4.10. The molecule has 3 heteroatoms. The molecule has 0 bridgehead atoms. The molecule has 1 heterocycles. The molecule has 1 saturated heterocycles. The van der Waals surface area contributed by atoms with Gasteiger partial charge in [-0.05, 0) is 25.2 Å². The predicted molar refractivity (Wildman–Crippen MR) is 62.9 cm³/mol. The Hall–Kier alpha value is -0.730. The summed E-state index contributed by atoms with van der Waals surface area (Å²) in [6.07, 6.45) is 5.90. The van der Waals surface area contributed by atoms with E-state index in [0.29, 0.717) is 5.92 Å². The number of hydrogen-bond acceptors (Lipinski definition) is 1. The zero-order valence-electron chi connectivity index (χ0n) is 10.1. The van der Waals surface area contributed by atoms with Gasteiger partial charge in [0.15, 0.2) is 0 Å². The van der Waals surface area contributed by atoms with E-state index in [1.54, 1.807) is 0 Å². The Morgan fingerprint density at radius 3 is 2.33 bits per heavy atom. The predicted octanol–water partition coefficient (Wildman–Crippen LogP) is 2.62. The highest BCUT2D eigenvalue weighted by Gasteiger charge is 2.16. The van der Waals surface area contributed by atoms with E-state index in [-0.39, 0.29) is 6.03 Å². The monoisotopic (exact) mass is 212 g/mol. The Bertz CT molecular complexity index is 184. The molecule has 0 aromatic rings. The van der Waals surface area contributed by atoms with Gasteiger partial charge in [0, 0.05) is 19.6 Å². The lowest BCUT2D eigenvalue weighted by atomic mass is 10.0. The molecule has 3 nitrogen and oxygen atoms in total. The fourth-order valence-electron chi connectivity index (χ4n) is 2.02. The summed E-state index contributed by atoms with van der Waals surface area (Å²) in [6.45, 7) is 7.08. The second kappa shape index (κ2) is 6.70. The number of urea groups is 1. The molecule has 0 atom stereocenters. The van der Waals surface area contributed by atoms with Gasteiger partial charge in [-0.15, -0.1) is 0 Å². The minimum atomic E-state index is 0.140. The highest BCUT2D eigenvalue weighted by Crippen LogP contribution is 2.09. The van der Waals surface area contributed by atoms with Crippen molar-refractivity contribution in [3.63, 3.8) is 0 Å². The molecule has 1 aliphatic heterocycles. The number of rotatable bonds is 4. The average molecular weight is 212 g/mol. The summed E-state index contributed by atoms with van der Waals surface area (Å²) in [7, 11) is 0. The molecule has 0 saturated carbocycles. The highest BCUT2D eigenvalue weighted by molar-refractivity contribution is 5.74. The Morgan fingerprint density at radius 1 is 1.20 bits per heavy atom. The van der Waals surface area contributed by atoms with Crippen molar-refractivity contribution >= 4 is 6.03 Å². The molecule has 1 N–H and O–H groups in total. The smallest absolute Gasteiger partial charge is 0.317 e. The van der Waals surface area contributed by atoms with Crippen molar-refractivity contribution in [2.75, 3.05) is 19.6 Å². The number of hydrogen-bond donors (Lipinski definition) is 1. The van der Waals surface area contributed by atoms with Gasteiger partial charge in [0.1, 0.15) is 0 Å². The molecule has 1 aliphatic rings. The summed E-state index contributed by atoms with van der Waals surface area (Å²) in [6, 6.07) is 0.140. The van der Waals surface area contributed by atoms with Crippen LogP contribution in [0.2, 0.25) is 0 Å². The van der Waals surface area contributed by atoms with Crippen molar-refractivity contribution in [3.8, 4) is 0 Å². The number of carbonyl (C=O) groups excluding carboxylic acids is 1. The summed E-state index contributed by atoms with van der Waals surface area (Å²) >= 11 is 0. The first-order valence-electron chi connectivity index (χ1n) is 6.30. The zero-order valence-corrected chi connectivity index (χ0v) is 10.1. The summed E-state index contributed by atoms with van der Waals surface area (Å²) in [5, 5.41) is 3.04. The van der Waals surface area contributed by atoms with E-state index in [9.17, 15) is 4.79 Å². The summed E-state index contributed by atoms with van der Waals surface area (Å²) in [4.78, 5) is 13.7. The second-order valence-electron chi connectivity index (χ2n) is 4.42. The van der Waals surface area contributed by atoms with Crippen LogP contribution in [-0.4, -0.2) is 30.6 Å². The van der Waals surface area contributed by atoms with Gasteiger partial charge in [-0.2, -0.15) is 0 Å². The minimum absolute atomic E-state index is 0.140. The normalized spacial score (nSPS) is 16.9. The molecule has 15 heavy (non-hydrogen) atoms. The van der Waals surface area contributed by atoms with E-state index in [1.165, 1.54) is 19.3 Å². The maximum atomic E-state index is 11.7. The van der Waals surface area contributed by atoms with Crippen molar-refractivity contribution in [3.05, 3.63) is 0 Å². The first kappa shape index (κ1) is 12.3. The van der Waals surface area contributed by atoms with Gasteiger partial charge in [0.25, 0.3) is 0 Å². The van der Waals surface area contributed by atoms with Gasteiger partial charge < -0.3 is 10.2 Å². The number of likely N-dealkylation sites (tertiary alicyclic amines) is 1. The van der Waals surface area contributed by atoms with Gasteiger partial charge in [0.05, 0.1) is 0 Å². The van der Waals surface area contributed by atoms with Crippen molar-refractivity contribution in [2.24, 2.45) is 5.92 Å². The molecule has 0 unspecified atom stereocenters. The van der Waals surface area contributed by atoms with Crippen LogP contribution >= 0.6 is 0 Å². The molecule has 0 aromatic heterocycles. The fraction of sp³-hybridized carbons (Fsp3) is 0.917. The first-order chi connectivity index (χ1) is 7.27. The summed E-state index contributed by atoms with van der Waals surface area (Å²) in [5.41, 5.74) is 0. The maximum Gasteiger partial charge on any atom is 0.317 e. The van der Waals surface area contributed by atoms with Crippen LogP contribution < -0.4 is 5.32 Å². The molecule has 1 rings (SSSR count). The first-order valence-corrected chi connectivity index (χ1v) is 6.30. The van der Waals surface area contributed by atoms with E-state index in [1.807, 2.05) is 4.90 Å². The molecule has 0 spiro atoms. The number of nitrogens with zero attached hydrogens (tertiary/aromatic N) is 1. The molecule has 1 fully saturated rings. The number of carbonyl (C=O) groups is 1. The Kier molecular flexibility index (Phi) is 5.51. The summed E-state index contributed by atoms with van der Waals surface area (Å²) in [5.74, 6) is 0.638. The van der Waals surface area contributed by atoms with E-state index in [0.717, 1.165) is 32.5 Å². The van der Waals surface area contributed by atoms with Crippen molar-refractivity contribution in [1.29, 1.82) is 0 Å². The SMILES string of the molecule is CCC(CC)CNC(=O)N1CCCCC1. The topological polar surface area (TPSA) is 32.3 Å². The molecule has 0 aliphatic carbocycles. The second-order valence-corrected chi connectivity index (χ2v) is 4.42. The molecule has 88 valence electrons. The molecule has 0 aromatic carbocycles. The van der Waals surface area contributed by atoms with Gasteiger partial charge in [-0.25, -0.2) is 4.79 Å². The van der Waals surface area contributed by atoms with E-state index in [4.69, 9.17) is 0 Å². The Balaban J connectivity index is 2.22. The lowest BCUT2D eigenvalue weighted by molar-refractivity contribution is 0.184. The van der Waals surface area contributed by atoms with Crippen LogP contribution in [0.1, 0.15) is 46.0 Å². The molecule has 2 amide bonds. The van der Waals surface area contributed by atoms with Crippen LogP contribution in [0.15, 0.2) is 0 Å². The minimum Gasteiger partial charge on any atom is -0.338 e. The quantitative estimate of drug-likeness (QED) is 0.763. The third-order valence-corrected chi connectivity index (χ3v) is 3.34. The van der Waals surface area contributed by atoms with E-state index >= 15 is 0 Å². The zero-order chi connectivity index (χ0) is 11.1. The van der Waals surface area contributed by atoms with Crippen molar-refractivity contribution in [2.45, 2.75) is 46.0 Å². The average Bonchev–Trinajstić information content (AvgIpc) is 2.31.